The number of isocyanates is 2. The van der Waals surface area contributed by atoms with Crippen LogP contribution in [-0.2, 0) is 9.59 Å². The van der Waals surface area contributed by atoms with Crippen molar-refractivity contribution in [1.29, 1.82) is 0 Å². The van der Waals surface area contributed by atoms with Crippen LogP contribution in [0, 0.1) is 0 Å². The van der Waals surface area contributed by atoms with E-state index in [0.29, 0.717) is 0 Å². The molecule has 0 saturated heterocycles. The fourth-order valence-corrected chi connectivity index (χ4v) is 1.46. The minimum absolute atomic E-state index is 0.467. The lowest BCUT2D eigenvalue weighted by Crippen LogP contribution is -2.34. The molecule has 2 unspecified atom stereocenters. The van der Waals surface area contributed by atoms with Gasteiger partial charge in [-0.2, -0.15) is 9.98 Å². The molecule has 0 aromatic rings. The summed E-state index contributed by atoms with van der Waals surface area (Å²) in [5.74, 6) is 0. The molecule has 4 nitrogen and oxygen atoms in total. The number of hydrogen-bond acceptors (Lipinski definition) is 4. The smallest absolute Gasteiger partial charge is 0.211 e. The summed E-state index contributed by atoms with van der Waals surface area (Å²) in [5.41, 5.74) is 0.168. The number of rotatable bonds is 2. The molecule has 2 atom stereocenters. The van der Waals surface area contributed by atoms with Gasteiger partial charge in [0.05, 0.1) is 0 Å². The van der Waals surface area contributed by atoms with Crippen LogP contribution in [0.15, 0.2) is 33.8 Å². The van der Waals surface area contributed by atoms with Gasteiger partial charge in [-0.25, -0.2) is 9.59 Å². The van der Waals surface area contributed by atoms with Crippen LogP contribution in [-0.4, -0.2) is 23.7 Å². The lowest BCUT2D eigenvalue weighted by atomic mass is 9.87. The normalized spacial score (nSPS) is 29.9. The summed E-state index contributed by atoms with van der Waals surface area (Å²) in [4.78, 5) is 27.7. The van der Waals surface area contributed by atoms with Gasteiger partial charge in [0.1, 0.15) is 11.6 Å². The Bertz CT molecular complexity index is 385. The van der Waals surface area contributed by atoms with E-state index >= 15 is 0 Å². The van der Waals surface area contributed by atoms with Gasteiger partial charge in [0.2, 0.25) is 12.2 Å². The highest BCUT2D eigenvalue weighted by Crippen LogP contribution is 2.27. The summed E-state index contributed by atoms with van der Waals surface area (Å²) in [6.07, 6.45) is 8.30. The molecule has 0 spiro atoms. The third-order valence-corrected chi connectivity index (χ3v) is 2.14. The fraction of sp³-hybridized carbons (Fsp3) is 0.400. The first kappa shape index (κ1) is 10.3. The van der Waals surface area contributed by atoms with Crippen molar-refractivity contribution in [1.82, 2.24) is 0 Å². The predicted molar refractivity (Wildman–Crippen MR) is 51.3 cm³/mol. The maximum atomic E-state index is 10.2. The Morgan fingerprint density at radius 2 is 2.14 bits per heavy atom. The second kappa shape index (κ2) is 3.97. The number of nitrogens with zero attached hydrogens (tertiary/aromatic N) is 2. The van der Waals surface area contributed by atoms with E-state index in [1.54, 1.807) is 19.1 Å². The van der Waals surface area contributed by atoms with Crippen molar-refractivity contribution in [2.75, 3.05) is 0 Å². The molecule has 0 bridgehead atoms. The topological polar surface area (TPSA) is 58.9 Å². The van der Waals surface area contributed by atoms with E-state index in [9.17, 15) is 9.59 Å². The van der Waals surface area contributed by atoms with Gasteiger partial charge in [-0.05, 0) is 13.8 Å². The molecule has 14 heavy (non-hydrogen) atoms. The Morgan fingerprint density at radius 1 is 1.43 bits per heavy atom. The molecule has 0 aromatic carbocycles. The van der Waals surface area contributed by atoms with Crippen LogP contribution in [0.25, 0.3) is 0 Å². The molecule has 0 fully saturated rings. The summed E-state index contributed by atoms with van der Waals surface area (Å²) in [6.45, 7) is 3.60. The molecule has 0 aromatic heterocycles. The van der Waals surface area contributed by atoms with Gasteiger partial charge in [0.25, 0.3) is 0 Å². The molecule has 0 radical (unpaired) electrons. The van der Waals surface area contributed by atoms with Crippen LogP contribution in [0.4, 0.5) is 0 Å². The van der Waals surface area contributed by atoms with Gasteiger partial charge in [0.15, 0.2) is 0 Å². The number of carbonyl (C=O) groups excluding carboxylic acids is 2. The second-order valence-electron chi connectivity index (χ2n) is 3.34. The summed E-state index contributed by atoms with van der Waals surface area (Å²) < 4.78 is 0. The third kappa shape index (κ3) is 1.94. The van der Waals surface area contributed by atoms with Gasteiger partial charge in [0, 0.05) is 0 Å². The van der Waals surface area contributed by atoms with Gasteiger partial charge < -0.3 is 0 Å². The molecular formula is C10H10N2O2. The van der Waals surface area contributed by atoms with Crippen molar-refractivity contribution >= 4 is 12.2 Å². The first-order chi connectivity index (χ1) is 6.62. The number of aliphatic imine (C=N–C) groups is 2. The average Bonchev–Trinajstić information content (AvgIpc) is 2.10. The van der Waals surface area contributed by atoms with Crippen molar-refractivity contribution in [3.8, 4) is 0 Å². The van der Waals surface area contributed by atoms with Crippen molar-refractivity contribution in [2.45, 2.75) is 25.4 Å². The molecule has 1 rings (SSSR count). The molecule has 0 saturated carbocycles. The van der Waals surface area contributed by atoms with Gasteiger partial charge in [-0.3, -0.25) is 0 Å². The van der Waals surface area contributed by atoms with E-state index in [2.05, 4.69) is 9.98 Å². The summed E-state index contributed by atoms with van der Waals surface area (Å²) in [6, 6.07) is -0.467. The highest BCUT2D eigenvalue weighted by Gasteiger charge is 2.32. The highest BCUT2D eigenvalue weighted by atomic mass is 16.1. The Balaban J connectivity index is 3.15. The maximum Gasteiger partial charge on any atom is 0.235 e. The lowest BCUT2D eigenvalue weighted by Gasteiger charge is -2.26. The van der Waals surface area contributed by atoms with Crippen molar-refractivity contribution in [3.05, 3.63) is 23.8 Å². The minimum atomic E-state index is -0.808. The van der Waals surface area contributed by atoms with E-state index in [4.69, 9.17) is 0 Å². The molecular weight excluding hydrogens is 180 g/mol. The average molecular weight is 190 g/mol. The summed E-state index contributed by atoms with van der Waals surface area (Å²) >= 11 is 0. The standard InChI is InChI=1S/C10H10N2O2/c1-8-3-4-9(11-6-13)10(2,5-8)12-7-14/h3-5,9H,1-2H3. The molecule has 1 aliphatic carbocycles. The summed E-state index contributed by atoms with van der Waals surface area (Å²) in [5, 5.41) is 0. The highest BCUT2D eigenvalue weighted by molar-refractivity contribution is 5.44. The zero-order chi connectivity index (χ0) is 10.6. The zero-order valence-electron chi connectivity index (χ0n) is 8.02. The van der Waals surface area contributed by atoms with Crippen molar-refractivity contribution in [3.63, 3.8) is 0 Å². The molecule has 0 heterocycles. The Labute approximate surface area is 81.8 Å². The van der Waals surface area contributed by atoms with E-state index in [-0.39, 0.29) is 0 Å². The number of allylic oxidation sites excluding steroid dienone is 2. The van der Waals surface area contributed by atoms with Gasteiger partial charge >= 0.3 is 0 Å². The van der Waals surface area contributed by atoms with Crippen LogP contribution >= 0.6 is 0 Å². The van der Waals surface area contributed by atoms with Gasteiger partial charge in [-0.1, -0.05) is 23.8 Å². The van der Waals surface area contributed by atoms with Gasteiger partial charge in [-0.15, -0.1) is 0 Å². The van der Waals surface area contributed by atoms with Crippen LogP contribution in [0.1, 0.15) is 13.8 Å². The molecule has 1 aliphatic rings. The number of hydrogen-bond donors (Lipinski definition) is 0. The van der Waals surface area contributed by atoms with E-state index < -0.39 is 11.6 Å². The van der Waals surface area contributed by atoms with Crippen LogP contribution in [0.2, 0.25) is 0 Å². The Morgan fingerprint density at radius 3 is 2.71 bits per heavy atom. The largest absolute Gasteiger partial charge is 0.235 e. The molecule has 0 aliphatic heterocycles. The van der Waals surface area contributed by atoms with Crippen molar-refractivity contribution in [2.24, 2.45) is 9.98 Å². The molecule has 72 valence electrons. The predicted octanol–water partition coefficient (Wildman–Crippen LogP) is 1.30. The van der Waals surface area contributed by atoms with Crippen LogP contribution in [0.3, 0.4) is 0 Å². The first-order valence-corrected chi connectivity index (χ1v) is 4.16. The van der Waals surface area contributed by atoms with Crippen LogP contribution < -0.4 is 0 Å². The quantitative estimate of drug-likeness (QED) is 0.486. The van der Waals surface area contributed by atoms with E-state index in [1.807, 2.05) is 13.0 Å². The molecule has 4 heteroatoms. The van der Waals surface area contributed by atoms with Crippen LogP contribution in [0.5, 0.6) is 0 Å². The van der Waals surface area contributed by atoms with Crippen molar-refractivity contribution < 1.29 is 9.59 Å². The fourth-order valence-electron chi connectivity index (χ4n) is 1.46. The monoisotopic (exact) mass is 190 g/mol. The van der Waals surface area contributed by atoms with E-state index in [0.717, 1.165) is 5.57 Å². The molecule has 0 N–H and O–H groups in total. The lowest BCUT2D eigenvalue weighted by molar-refractivity contribution is 0.492. The van der Waals surface area contributed by atoms with E-state index in [1.165, 1.54) is 12.2 Å². The maximum absolute atomic E-state index is 10.2. The SMILES string of the molecule is CC1=CC(C)(N=C=O)C(N=C=O)C=C1. The zero-order valence-corrected chi connectivity index (χ0v) is 8.02. The first-order valence-electron chi connectivity index (χ1n) is 4.16. The Hall–Kier alpha value is -1.76. The molecule has 0 amide bonds. The summed E-state index contributed by atoms with van der Waals surface area (Å²) in [7, 11) is 0. The minimum Gasteiger partial charge on any atom is -0.211 e. The second-order valence-corrected chi connectivity index (χ2v) is 3.34. The Kier molecular flexibility index (Phi) is 2.92. The third-order valence-electron chi connectivity index (χ3n) is 2.14.